The predicted octanol–water partition coefficient (Wildman–Crippen LogP) is 2.49. The summed E-state index contributed by atoms with van der Waals surface area (Å²) >= 11 is 0. The van der Waals surface area contributed by atoms with E-state index in [0.717, 1.165) is 34.6 Å². The van der Waals surface area contributed by atoms with Gasteiger partial charge < -0.3 is 10.1 Å². The first-order valence-electron chi connectivity index (χ1n) is 8.65. The maximum absolute atomic E-state index is 12.4. The number of ether oxygens (including phenoxy) is 1. The summed E-state index contributed by atoms with van der Waals surface area (Å²) in [6, 6.07) is 11.8. The van der Waals surface area contributed by atoms with Crippen LogP contribution in [0.5, 0.6) is 5.75 Å². The molecule has 0 bridgehead atoms. The highest BCUT2D eigenvalue weighted by atomic mass is 16.5. The molecule has 6 heteroatoms. The van der Waals surface area contributed by atoms with E-state index in [4.69, 9.17) is 4.74 Å². The molecule has 3 heterocycles. The van der Waals surface area contributed by atoms with Crippen LogP contribution in [-0.4, -0.2) is 26.8 Å². The molecule has 1 aliphatic rings. The van der Waals surface area contributed by atoms with E-state index in [0.29, 0.717) is 13.0 Å². The van der Waals surface area contributed by atoms with Gasteiger partial charge in [-0.2, -0.15) is 5.10 Å². The van der Waals surface area contributed by atoms with Crippen molar-refractivity contribution in [1.82, 2.24) is 20.1 Å². The van der Waals surface area contributed by atoms with Gasteiger partial charge in [0.1, 0.15) is 5.75 Å². The second kappa shape index (κ2) is 7.00. The number of carbonyl (C=O) groups is 1. The summed E-state index contributed by atoms with van der Waals surface area (Å²) in [5.74, 6) is 0.720. The maximum Gasteiger partial charge on any atom is 0.261 e. The average molecular weight is 348 g/mol. The molecule has 0 spiro atoms. The lowest BCUT2D eigenvalue weighted by molar-refractivity contribution is -0.128. The topological polar surface area (TPSA) is 69.0 Å². The van der Waals surface area contributed by atoms with E-state index in [-0.39, 0.29) is 5.91 Å². The van der Waals surface area contributed by atoms with Crippen LogP contribution in [0.4, 0.5) is 0 Å². The highest BCUT2D eigenvalue weighted by Gasteiger charge is 2.25. The molecule has 26 heavy (non-hydrogen) atoms. The molecule has 1 aliphatic heterocycles. The smallest absolute Gasteiger partial charge is 0.261 e. The van der Waals surface area contributed by atoms with Crippen LogP contribution in [0, 0.1) is 0 Å². The number of carbonyl (C=O) groups excluding carboxylic acids is 1. The Balaban J connectivity index is 1.35. The molecule has 0 saturated carbocycles. The summed E-state index contributed by atoms with van der Waals surface area (Å²) in [5, 5.41) is 7.09. The van der Waals surface area contributed by atoms with Crippen LogP contribution in [0.15, 0.2) is 55.0 Å². The van der Waals surface area contributed by atoms with Crippen LogP contribution in [0.2, 0.25) is 0 Å². The Hall–Kier alpha value is -3.15. The third kappa shape index (κ3) is 3.44. The van der Waals surface area contributed by atoms with E-state index in [9.17, 15) is 4.79 Å². The Morgan fingerprint density at radius 3 is 2.92 bits per heavy atom. The molecule has 0 fully saturated rings. The zero-order valence-electron chi connectivity index (χ0n) is 14.6. The SMILES string of the molecule is Cn1cc(-c2ccc(CNC(=O)[C@H]3CCc4ccccc4O3)cn2)cn1. The molecule has 4 rings (SSSR count). The minimum Gasteiger partial charge on any atom is -0.480 e. The van der Waals surface area contributed by atoms with Gasteiger partial charge in [-0.05, 0) is 36.1 Å². The number of hydrogen-bond donors (Lipinski definition) is 1. The molecule has 2 aromatic heterocycles. The number of amides is 1. The Kier molecular flexibility index (Phi) is 4.39. The van der Waals surface area contributed by atoms with Gasteiger partial charge >= 0.3 is 0 Å². The standard InChI is InChI=1S/C20H20N4O2/c1-24-13-16(12-23-24)17-8-6-14(10-21-17)11-22-20(25)19-9-7-15-4-2-3-5-18(15)26-19/h2-6,8,10,12-13,19H,7,9,11H2,1H3,(H,22,25)/t19-/m1/s1. The number of hydrogen-bond acceptors (Lipinski definition) is 4. The Labute approximate surface area is 151 Å². The van der Waals surface area contributed by atoms with Crippen molar-refractivity contribution in [2.24, 2.45) is 7.05 Å². The minimum absolute atomic E-state index is 0.0872. The summed E-state index contributed by atoms with van der Waals surface area (Å²) in [5.41, 5.74) is 3.94. The van der Waals surface area contributed by atoms with Crippen LogP contribution in [0.1, 0.15) is 17.5 Å². The van der Waals surface area contributed by atoms with E-state index in [2.05, 4.69) is 15.4 Å². The number of nitrogens with one attached hydrogen (secondary N) is 1. The first-order chi connectivity index (χ1) is 12.7. The lowest BCUT2D eigenvalue weighted by Gasteiger charge is -2.25. The number of para-hydroxylation sites is 1. The molecule has 3 aromatic rings. The Bertz CT molecular complexity index is 918. The molecule has 0 unspecified atom stereocenters. The number of nitrogens with zero attached hydrogens (tertiary/aromatic N) is 3. The normalized spacial score (nSPS) is 15.8. The van der Waals surface area contributed by atoms with Crippen molar-refractivity contribution in [1.29, 1.82) is 0 Å². The Morgan fingerprint density at radius 1 is 1.27 bits per heavy atom. The zero-order chi connectivity index (χ0) is 17.9. The molecule has 0 aliphatic carbocycles. The van der Waals surface area contributed by atoms with Crippen molar-refractivity contribution < 1.29 is 9.53 Å². The first-order valence-corrected chi connectivity index (χ1v) is 8.65. The van der Waals surface area contributed by atoms with E-state index in [1.807, 2.05) is 49.6 Å². The molecule has 132 valence electrons. The number of aromatic nitrogens is 3. The van der Waals surface area contributed by atoms with E-state index >= 15 is 0 Å². The fraction of sp³-hybridized carbons (Fsp3) is 0.250. The Morgan fingerprint density at radius 2 is 2.15 bits per heavy atom. The molecule has 1 amide bonds. The van der Waals surface area contributed by atoms with Gasteiger partial charge in [0, 0.05) is 31.5 Å². The lowest BCUT2D eigenvalue weighted by atomic mass is 10.0. The average Bonchev–Trinajstić information content (AvgIpc) is 3.12. The van der Waals surface area contributed by atoms with E-state index in [1.54, 1.807) is 17.1 Å². The van der Waals surface area contributed by atoms with Crippen molar-refractivity contribution in [2.45, 2.75) is 25.5 Å². The summed E-state index contributed by atoms with van der Waals surface area (Å²) in [6.07, 6.45) is 6.59. The minimum atomic E-state index is -0.437. The van der Waals surface area contributed by atoms with Crippen molar-refractivity contribution in [3.05, 3.63) is 66.1 Å². The van der Waals surface area contributed by atoms with Crippen LogP contribution in [-0.2, 0) is 24.8 Å². The zero-order valence-corrected chi connectivity index (χ0v) is 14.6. The van der Waals surface area contributed by atoms with Crippen LogP contribution < -0.4 is 10.1 Å². The van der Waals surface area contributed by atoms with Gasteiger partial charge in [0.25, 0.3) is 5.91 Å². The third-order valence-corrected chi connectivity index (χ3v) is 4.50. The summed E-state index contributed by atoms with van der Waals surface area (Å²) < 4.78 is 7.57. The molecule has 0 radical (unpaired) electrons. The van der Waals surface area contributed by atoms with Crippen LogP contribution >= 0.6 is 0 Å². The molecule has 1 N–H and O–H groups in total. The van der Waals surface area contributed by atoms with Gasteiger partial charge in [-0.1, -0.05) is 24.3 Å². The highest BCUT2D eigenvalue weighted by molar-refractivity contribution is 5.81. The first kappa shape index (κ1) is 16.3. The third-order valence-electron chi connectivity index (χ3n) is 4.50. The van der Waals surface area contributed by atoms with Gasteiger partial charge in [0.05, 0.1) is 11.9 Å². The number of pyridine rings is 1. The van der Waals surface area contributed by atoms with Gasteiger partial charge in [-0.3, -0.25) is 14.5 Å². The van der Waals surface area contributed by atoms with E-state index in [1.165, 1.54) is 0 Å². The maximum atomic E-state index is 12.4. The van der Waals surface area contributed by atoms with Gasteiger partial charge in [-0.25, -0.2) is 0 Å². The van der Waals surface area contributed by atoms with Gasteiger partial charge in [0.2, 0.25) is 0 Å². The molecular weight excluding hydrogens is 328 g/mol. The fourth-order valence-electron chi connectivity index (χ4n) is 3.07. The predicted molar refractivity (Wildman–Crippen MR) is 97.5 cm³/mol. The number of aryl methyl sites for hydroxylation is 2. The van der Waals surface area contributed by atoms with Crippen LogP contribution in [0.3, 0.4) is 0 Å². The number of fused-ring (bicyclic) bond motifs is 1. The fourth-order valence-corrected chi connectivity index (χ4v) is 3.07. The molecule has 0 saturated heterocycles. The number of rotatable bonds is 4. The molecule has 6 nitrogen and oxygen atoms in total. The largest absolute Gasteiger partial charge is 0.480 e. The second-order valence-corrected chi connectivity index (χ2v) is 6.43. The monoisotopic (exact) mass is 348 g/mol. The molecular formula is C20H20N4O2. The van der Waals surface area contributed by atoms with Crippen molar-refractivity contribution >= 4 is 5.91 Å². The van der Waals surface area contributed by atoms with Crippen LogP contribution in [0.25, 0.3) is 11.3 Å². The highest BCUT2D eigenvalue weighted by Crippen LogP contribution is 2.27. The summed E-state index contributed by atoms with van der Waals surface area (Å²) in [6.45, 7) is 0.431. The molecule has 1 aromatic carbocycles. The van der Waals surface area contributed by atoms with Gasteiger partial charge in [-0.15, -0.1) is 0 Å². The van der Waals surface area contributed by atoms with Crippen molar-refractivity contribution in [3.8, 4) is 17.0 Å². The van der Waals surface area contributed by atoms with Gasteiger partial charge in [0.15, 0.2) is 6.10 Å². The molecule has 1 atom stereocenters. The van der Waals surface area contributed by atoms with E-state index < -0.39 is 6.10 Å². The number of benzene rings is 1. The summed E-state index contributed by atoms with van der Waals surface area (Å²) in [7, 11) is 1.87. The second-order valence-electron chi connectivity index (χ2n) is 6.43. The summed E-state index contributed by atoms with van der Waals surface area (Å²) in [4.78, 5) is 16.9. The van der Waals surface area contributed by atoms with Crippen molar-refractivity contribution in [2.75, 3.05) is 0 Å². The quantitative estimate of drug-likeness (QED) is 0.786. The van der Waals surface area contributed by atoms with Crippen molar-refractivity contribution in [3.63, 3.8) is 0 Å². The lowest BCUT2D eigenvalue weighted by Crippen LogP contribution is -2.40.